The number of benzene rings is 1. The first-order chi connectivity index (χ1) is 11.9. The van der Waals surface area contributed by atoms with Gasteiger partial charge in [0.1, 0.15) is 0 Å². The first kappa shape index (κ1) is 17.8. The van der Waals surface area contributed by atoms with Crippen LogP contribution in [-0.2, 0) is 17.4 Å². The van der Waals surface area contributed by atoms with E-state index in [0.717, 1.165) is 48.1 Å². The molecular weight excluding hydrogens is 349 g/mol. The lowest BCUT2D eigenvalue weighted by Crippen LogP contribution is -2.43. The van der Waals surface area contributed by atoms with Crippen molar-refractivity contribution in [3.63, 3.8) is 0 Å². The molecule has 1 aliphatic heterocycles. The minimum Gasteiger partial charge on any atom is -0.309 e. The van der Waals surface area contributed by atoms with Gasteiger partial charge in [0.15, 0.2) is 0 Å². The van der Waals surface area contributed by atoms with E-state index >= 15 is 0 Å². The number of para-hydroxylation sites is 1. The number of nitrogens with zero attached hydrogens (tertiary/aromatic N) is 2. The summed E-state index contributed by atoms with van der Waals surface area (Å²) in [6.07, 6.45) is -1.77. The molecule has 0 bridgehead atoms. The molecule has 7 heteroatoms. The monoisotopic (exact) mass is 366 g/mol. The third kappa shape index (κ3) is 3.98. The van der Waals surface area contributed by atoms with Crippen molar-refractivity contribution in [2.75, 3.05) is 10.7 Å². The number of anilines is 1. The van der Waals surface area contributed by atoms with Gasteiger partial charge in [-0.15, -0.1) is 0 Å². The third-order valence-corrected chi connectivity index (χ3v) is 5.13. The van der Waals surface area contributed by atoms with Gasteiger partial charge in [-0.1, -0.05) is 30.0 Å². The van der Waals surface area contributed by atoms with Gasteiger partial charge in [0.25, 0.3) is 0 Å². The zero-order valence-corrected chi connectivity index (χ0v) is 14.4. The van der Waals surface area contributed by atoms with Gasteiger partial charge in [0.2, 0.25) is 5.91 Å². The number of alkyl halides is 3. The number of aromatic nitrogens is 1. The van der Waals surface area contributed by atoms with Crippen molar-refractivity contribution < 1.29 is 18.0 Å². The summed E-state index contributed by atoms with van der Waals surface area (Å²) < 4.78 is 37.7. The highest BCUT2D eigenvalue weighted by atomic mass is 32.2. The number of amides is 1. The molecule has 1 unspecified atom stereocenters. The van der Waals surface area contributed by atoms with Crippen LogP contribution < -0.4 is 4.90 Å². The lowest BCUT2D eigenvalue weighted by atomic mass is 9.97. The maximum atomic E-state index is 12.7. The predicted molar refractivity (Wildman–Crippen MR) is 91.7 cm³/mol. The highest BCUT2D eigenvalue weighted by molar-refractivity contribution is 7.99. The van der Waals surface area contributed by atoms with E-state index in [1.165, 1.54) is 6.07 Å². The van der Waals surface area contributed by atoms with Gasteiger partial charge in [0.05, 0.1) is 16.3 Å². The van der Waals surface area contributed by atoms with Crippen molar-refractivity contribution >= 4 is 23.4 Å². The molecule has 1 aromatic carbocycles. The number of fused-ring (bicyclic) bond motifs is 1. The molecule has 132 valence electrons. The second-order valence-electron chi connectivity index (χ2n) is 5.95. The number of hydrogen-bond donors (Lipinski definition) is 0. The molecule has 1 aromatic heterocycles. The predicted octanol–water partition coefficient (Wildman–Crippen LogP) is 4.56. The minimum absolute atomic E-state index is 0.0636. The van der Waals surface area contributed by atoms with E-state index in [-0.39, 0.29) is 17.7 Å². The fourth-order valence-electron chi connectivity index (χ4n) is 2.91. The van der Waals surface area contributed by atoms with Crippen LogP contribution in [0, 0.1) is 0 Å². The van der Waals surface area contributed by atoms with Gasteiger partial charge in [0, 0.05) is 17.9 Å². The fraction of sp³-hybridized carbons (Fsp3) is 0.333. The van der Waals surface area contributed by atoms with Crippen molar-refractivity contribution in [2.24, 2.45) is 0 Å². The number of pyridine rings is 1. The molecule has 3 rings (SSSR count). The molecule has 0 saturated carbocycles. The second kappa shape index (κ2) is 7.07. The van der Waals surface area contributed by atoms with Crippen LogP contribution in [0.3, 0.4) is 0 Å². The van der Waals surface area contributed by atoms with E-state index in [4.69, 9.17) is 0 Å². The lowest BCUT2D eigenvalue weighted by Gasteiger charge is -2.35. The molecule has 1 aliphatic rings. The fourth-order valence-corrected chi connectivity index (χ4v) is 3.61. The Morgan fingerprint density at radius 2 is 2.04 bits per heavy atom. The highest BCUT2D eigenvalue weighted by Gasteiger charge is 2.31. The average molecular weight is 366 g/mol. The second-order valence-corrected chi connectivity index (χ2v) is 6.95. The van der Waals surface area contributed by atoms with E-state index in [9.17, 15) is 18.0 Å². The van der Waals surface area contributed by atoms with Crippen LogP contribution in [0.1, 0.15) is 24.5 Å². The number of rotatable bonds is 3. The molecule has 3 nitrogen and oxygen atoms in total. The van der Waals surface area contributed by atoms with Crippen LogP contribution in [0.2, 0.25) is 0 Å². The molecule has 2 aromatic rings. The normalized spacial score (nSPS) is 17.3. The van der Waals surface area contributed by atoms with Crippen molar-refractivity contribution in [3.8, 4) is 0 Å². The Morgan fingerprint density at radius 3 is 2.72 bits per heavy atom. The number of hydrogen-bond acceptors (Lipinski definition) is 3. The Morgan fingerprint density at radius 1 is 1.28 bits per heavy atom. The minimum atomic E-state index is -4.40. The summed E-state index contributed by atoms with van der Waals surface area (Å²) in [6.45, 7) is 2.01. The van der Waals surface area contributed by atoms with Crippen LogP contribution in [0.4, 0.5) is 18.9 Å². The maximum Gasteiger partial charge on any atom is 0.417 e. The van der Waals surface area contributed by atoms with E-state index in [1.807, 2.05) is 31.2 Å². The summed E-state index contributed by atoms with van der Waals surface area (Å²) in [5.41, 5.74) is 1.28. The van der Waals surface area contributed by atoms with Gasteiger partial charge in [-0.2, -0.15) is 13.2 Å². The first-order valence-corrected chi connectivity index (χ1v) is 8.91. The Kier molecular flexibility index (Phi) is 5.03. The lowest BCUT2D eigenvalue weighted by molar-refractivity contribution is -0.137. The Bertz CT molecular complexity index is 762. The molecule has 0 spiro atoms. The number of thioether (sulfide) groups is 1. The molecule has 0 fully saturated rings. The maximum absolute atomic E-state index is 12.7. The molecule has 0 N–H and O–H groups in total. The van der Waals surface area contributed by atoms with Crippen molar-refractivity contribution in [2.45, 2.75) is 37.0 Å². The van der Waals surface area contributed by atoms with Crippen LogP contribution in [-0.4, -0.2) is 22.7 Å². The van der Waals surface area contributed by atoms with E-state index in [1.54, 1.807) is 4.90 Å². The van der Waals surface area contributed by atoms with E-state index in [2.05, 4.69) is 4.98 Å². The number of carbonyl (C=O) groups excluding carboxylic acids is 1. The summed E-state index contributed by atoms with van der Waals surface area (Å²) in [4.78, 5) is 18.3. The summed E-state index contributed by atoms with van der Waals surface area (Å²) in [6, 6.07) is 10.2. The molecule has 2 heterocycles. The molecule has 1 atom stereocenters. The zero-order valence-electron chi connectivity index (χ0n) is 13.6. The first-order valence-electron chi connectivity index (χ1n) is 7.92. The van der Waals surface area contributed by atoms with Gasteiger partial charge in [-0.05, 0) is 43.5 Å². The number of halogens is 3. The van der Waals surface area contributed by atoms with Crippen LogP contribution in [0.25, 0.3) is 0 Å². The Balaban J connectivity index is 1.69. The molecule has 0 aliphatic carbocycles. The molecular formula is C18H17F3N2OS. The Hall–Kier alpha value is -2.02. The standard InChI is InChI=1S/C18H17F3N2OS/c1-12-6-7-13-4-2-3-5-15(13)23(12)17(24)11-25-16-9-8-14(10-22-16)18(19,20)21/h2-5,8-10,12H,6-7,11H2,1H3. The smallest absolute Gasteiger partial charge is 0.309 e. The van der Waals surface area contributed by atoms with Crippen molar-refractivity contribution in [3.05, 3.63) is 53.7 Å². The molecule has 1 amide bonds. The topological polar surface area (TPSA) is 33.2 Å². The molecule has 0 saturated heterocycles. The SMILES string of the molecule is CC1CCc2ccccc2N1C(=O)CSc1ccc(C(F)(F)F)cn1. The number of carbonyl (C=O) groups is 1. The summed E-state index contributed by atoms with van der Waals surface area (Å²) in [5, 5.41) is 0.402. The summed E-state index contributed by atoms with van der Waals surface area (Å²) in [7, 11) is 0. The average Bonchev–Trinajstić information content (AvgIpc) is 2.59. The van der Waals surface area contributed by atoms with Crippen molar-refractivity contribution in [1.82, 2.24) is 4.98 Å². The summed E-state index contributed by atoms with van der Waals surface area (Å²) in [5.74, 6) is 0.0724. The quantitative estimate of drug-likeness (QED) is 0.747. The van der Waals surface area contributed by atoms with Crippen LogP contribution >= 0.6 is 11.8 Å². The molecule has 25 heavy (non-hydrogen) atoms. The van der Waals surface area contributed by atoms with Crippen LogP contribution in [0.5, 0.6) is 0 Å². The Labute approximate surface area is 148 Å². The van der Waals surface area contributed by atoms with Gasteiger partial charge >= 0.3 is 6.18 Å². The van der Waals surface area contributed by atoms with Gasteiger partial charge in [-0.3, -0.25) is 4.79 Å². The van der Waals surface area contributed by atoms with Crippen molar-refractivity contribution in [1.29, 1.82) is 0 Å². The van der Waals surface area contributed by atoms with E-state index < -0.39 is 11.7 Å². The number of aryl methyl sites for hydroxylation is 1. The van der Waals surface area contributed by atoms with E-state index in [0.29, 0.717) is 5.03 Å². The van der Waals surface area contributed by atoms with Gasteiger partial charge < -0.3 is 4.90 Å². The zero-order chi connectivity index (χ0) is 18.0. The summed E-state index contributed by atoms with van der Waals surface area (Å²) >= 11 is 1.15. The largest absolute Gasteiger partial charge is 0.417 e. The van der Waals surface area contributed by atoms with Crippen LogP contribution in [0.15, 0.2) is 47.6 Å². The molecule has 0 radical (unpaired) electrons. The van der Waals surface area contributed by atoms with Gasteiger partial charge in [-0.25, -0.2) is 4.98 Å². The highest BCUT2D eigenvalue weighted by Crippen LogP contribution is 2.32. The third-order valence-electron chi connectivity index (χ3n) is 4.20.